The first kappa shape index (κ1) is 66.5. The molecule has 0 fully saturated rings. The normalized spacial score (nSPS) is 12.7. The Morgan fingerprint density at radius 1 is 0.286 bits per heavy atom. The summed E-state index contributed by atoms with van der Waals surface area (Å²) in [6.45, 7) is 27.8. The molecule has 91 heavy (non-hydrogen) atoms. The van der Waals surface area contributed by atoms with Crippen LogP contribution in [0.1, 0.15) is 238 Å². The number of nitrogens with zero attached hydrogens (tertiary/aromatic N) is 2. The molecular formula is C89H108N2. The van der Waals surface area contributed by atoms with E-state index in [1.165, 1.54) is 193 Å². The molecule has 2 heteroatoms. The van der Waals surface area contributed by atoms with Crippen molar-refractivity contribution in [3.63, 3.8) is 0 Å². The van der Waals surface area contributed by atoms with Gasteiger partial charge in [-0.3, -0.25) is 0 Å². The predicted octanol–water partition coefficient (Wildman–Crippen LogP) is 26.6. The fourth-order valence-corrected chi connectivity index (χ4v) is 15.0. The maximum absolute atomic E-state index is 2.68. The zero-order valence-electron chi connectivity index (χ0n) is 58.0. The van der Waals surface area contributed by atoms with Gasteiger partial charge in [0.05, 0.1) is 0 Å². The molecule has 0 saturated heterocycles. The molecule has 0 saturated carbocycles. The van der Waals surface area contributed by atoms with Crippen LogP contribution in [0.25, 0.3) is 22.3 Å². The highest BCUT2D eigenvalue weighted by molar-refractivity contribution is 5.86. The quantitative estimate of drug-likeness (QED) is 0.0400. The van der Waals surface area contributed by atoms with Crippen LogP contribution in [-0.4, -0.2) is 0 Å². The molecular weight excluding hydrogens is 1100 g/mol. The lowest BCUT2D eigenvalue weighted by molar-refractivity contribution is 0.397. The van der Waals surface area contributed by atoms with Crippen molar-refractivity contribution < 1.29 is 0 Å². The highest BCUT2D eigenvalue weighted by Gasteiger charge is 2.43. The smallest absolute Gasteiger partial charge is 0.0463 e. The van der Waals surface area contributed by atoms with Crippen LogP contribution in [0, 0.1) is 27.7 Å². The predicted molar refractivity (Wildman–Crippen MR) is 397 cm³/mol. The average molecular weight is 1210 g/mol. The summed E-state index contributed by atoms with van der Waals surface area (Å²) in [4.78, 5) is 4.88. The Labute approximate surface area is 551 Å². The molecule has 0 atom stereocenters. The van der Waals surface area contributed by atoms with E-state index >= 15 is 0 Å². The molecule has 0 N–H and O–H groups in total. The monoisotopic (exact) mass is 1200 g/mol. The van der Waals surface area contributed by atoms with E-state index in [0.717, 1.165) is 47.0 Å². The van der Waals surface area contributed by atoms with Crippen molar-refractivity contribution in [3.8, 4) is 22.3 Å². The largest absolute Gasteiger partial charge is 0.311 e. The average Bonchev–Trinajstić information content (AvgIpc) is 1.57. The molecule has 2 nitrogen and oxygen atoms in total. The molecule has 0 unspecified atom stereocenters. The minimum atomic E-state index is -0.150. The van der Waals surface area contributed by atoms with Gasteiger partial charge >= 0.3 is 0 Å². The SMILES string of the molecule is CCCCCCCCC1(CCCCCCCC)c2cc(-c3ccc(N(c4ccc(CCCC)cc4)c4ccc(N(c5ccc(CCCC)cc5)c5ccc(C(C)(C)c6cc(C)cc(C)c6)cc5)cc4)cc3)ccc2-c2ccc(C(C)(C)c3cc(C)cc(C)c3)cc21. The summed E-state index contributed by atoms with van der Waals surface area (Å²) in [6, 6.07) is 76.1. The van der Waals surface area contributed by atoms with Crippen LogP contribution < -0.4 is 9.80 Å². The van der Waals surface area contributed by atoms with Crippen molar-refractivity contribution in [2.75, 3.05) is 9.80 Å². The van der Waals surface area contributed by atoms with Crippen LogP contribution in [-0.2, 0) is 29.1 Å². The highest BCUT2D eigenvalue weighted by Crippen LogP contribution is 2.56. The lowest BCUT2D eigenvalue weighted by Crippen LogP contribution is -2.27. The molecule has 474 valence electrons. The number of aryl methyl sites for hydroxylation is 6. The lowest BCUT2D eigenvalue weighted by Gasteiger charge is -2.35. The number of anilines is 6. The second-order valence-electron chi connectivity index (χ2n) is 28.5. The molecule has 9 aromatic carbocycles. The van der Waals surface area contributed by atoms with E-state index in [2.05, 4.69) is 287 Å². The first-order valence-electron chi connectivity index (χ1n) is 35.6. The van der Waals surface area contributed by atoms with Gasteiger partial charge in [-0.2, -0.15) is 0 Å². The maximum atomic E-state index is 2.68. The molecule has 9 aromatic rings. The van der Waals surface area contributed by atoms with Crippen molar-refractivity contribution in [2.24, 2.45) is 0 Å². The van der Waals surface area contributed by atoms with Gasteiger partial charge in [-0.25, -0.2) is 0 Å². The van der Waals surface area contributed by atoms with Gasteiger partial charge in [-0.05, 0) is 212 Å². The molecule has 0 spiro atoms. The van der Waals surface area contributed by atoms with E-state index in [4.69, 9.17) is 0 Å². The first-order chi connectivity index (χ1) is 44.1. The molecule has 0 amide bonds. The highest BCUT2D eigenvalue weighted by atomic mass is 15.2. The van der Waals surface area contributed by atoms with Gasteiger partial charge in [-0.15, -0.1) is 0 Å². The van der Waals surface area contributed by atoms with E-state index in [9.17, 15) is 0 Å². The second kappa shape index (κ2) is 30.3. The minimum absolute atomic E-state index is 0.0497. The summed E-state index contributed by atoms with van der Waals surface area (Å²) < 4.78 is 0. The van der Waals surface area contributed by atoms with Gasteiger partial charge in [0.15, 0.2) is 0 Å². The molecule has 1 aliphatic rings. The van der Waals surface area contributed by atoms with Gasteiger partial charge < -0.3 is 9.80 Å². The third-order valence-corrected chi connectivity index (χ3v) is 20.6. The van der Waals surface area contributed by atoms with Crippen molar-refractivity contribution in [1.29, 1.82) is 0 Å². The van der Waals surface area contributed by atoms with E-state index in [-0.39, 0.29) is 16.2 Å². The van der Waals surface area contributed by atoms with Crippen molar-refractivity contribution in [2.45, 2.75) is 228 Å². The second-order valence-corrected chi connectivity index (χ2v) is 28.5. The summed E-state index contributed by atoms with van der Waals surface area (Å²) >= 11 is 0. The summed E-state index contributed by atoms with van der Waals surface area (Å²) in [5.74, 6) is 0. The van der Waals surface area contributed by atoms with E-state index in [1.54, 1.807) is 11.1 Å². The molecule has 0 aromatic heterocycles. The molecule has 0 heterocycles. The van der Waals surface area contributed by atoms with Crippen LogP contribution in [0.2, 0.25) is 0 Å². The lowest BCUT2D eigenvalue weighted by atomic mass is 9.68. The van der Waals surface area contributed by atoms with Crippen molar-refractivity contribution in [1.82, 2.24) is 0 Å². The number of hydrogen-bond donors (Lipinski definition) is 0. The Bertz CT molecular complexity index is 3720. The molecule has 10 rings (SSSR count). The Balaban J connectivity index is 1.02. The number of benzene rings is 9. The van der Waals surface area contributed by atoms with Crippen LogP contribution in [0.3, 0.4) is 0 Å². The third-order valence-electron chi connectivity index (χ3n) is 20.6. The Hall–Kier alpha value is -7.42. The molecule has 0 bridgehead atoms. The van der Waals surface area contributed by atoms with Crippen LogP contribution in [0.5, 0.6) is 0 Å². The summed E-state index contributed by atoms with van der Waals surface area (Å²) in [7, 11) is 0. The van der Waals surface area contributed by atoms with Gasteiger partial charge in [0, 0.05) is 50.4 Å². The number of fused-ring (bicyclic) bond motifs is 3. The Kier molecular flexibility index (Phi) is 22.2. The van der Waals surface area contributed by atoms with Crippen LogP contribution >= 0.6 is 0 Å². The number of rotatable bonds is 31. The van der Waals surface area contributed by atoms with Gasteiger partial charge in [0.25, 0.3) is 0 Å². The zero-order valence-corrected chi connectivity index (χ0v) is 58.0. The topological polar surface area (TPSA) is 6.48 Å². The first-order valence-corrected chi connectivity index (χ1v) is 35.6. The fourth-order valence-electron chi connectivity index (χ4n) is 15.0. The number of unbranched alkanes of at least 4 members (excludes halogenated alkanes) is 12. The Morgan fingerprint density at radius 3 is 1.02 bits per heavy atom. The van der Waals surface area contributed by atoms with Crippen molar-refractivity contribution >= 4 is 34.1 Å². The van der Waals surface area contributed by atoms with E-state index < -0.39 is 0 Å². The standard InChI is InChI=1S/C89H108N2/c1-13-17-21-23-25-27-55-89(56-28-26-24-22-18-14-2)85-63-72(37-53-83(85)84-54-40-74(64-86(84)89)88(11,12)76-61-67(7)58-68(8)62-76)71-35-45-79(46-36-71)90(77-41-31-69(32-42-77)29-19-15-3)81-49-51-82(52-50-81)91(78-43-33-70(34-44-78)30-20-16-4)80-47-38-73(39-48-80)87(9,10)75-59-65(5)57-66(6)60-75/h31-54,57-64H,13-30,55-56H2,1-12H3. The van der Waals surface area contributed by atoms with E-state index in [1.807, 2.05) is 0 Å². The maximum Gasteiger partial charge on any atom is 0.0463 e. The van der Waals surface area contributed by atoms with Crippen molar-refractivity contribution in [3.05, 3.63) is 261 Å². The molecule has 1 aliphatic carbocycles. The molecule has 0 aliphatic heterocycles. The van der Waals surface area contributed by atoms with E-state index in [0.29, 0.717) is 0 Å². The fraction of sp³-hybridized carbons (Fsp3) is 0.393. The summed E-state index contributed by atoms with van der Waals surface area (Å²) in [5.41, 5.74) is 28.6. The number of hydrogen-bond acceptors (Lipinski definition) is 2. The zero-order chi connectivity index (χ0) is 64.1. The van der Waals surface area contributed by atoms with Crippen LogP contribution in [0.15, 0.2) is 194 Å². The van der Waals surface area contributed by atoms with Gasteiger partial charge in [-0.1, -0.05) is 283 Å². The van der Waals surface area contributed by atoms with Crippen LogP contribution in [0.4, 0.5) is 34.1 Å². The van der Waals surface area contributed by atoms with Gasteiger partial charge in [0.1, 0.15) is 0 Å². The Morgan fingerprint density at radius 2 is 0.604 bits per heavy atom. The molecule has 0 radical (unpaired) electrons. The third kappa shape index (κ3) is 15.4. The van der Waals surface area contributed by atoms with Gasteiger partial charge in [0.2, 0.25) is 0 Å². The summed E-state index contributed by atoms with van der Waals surface area (Å²) in [5, 5.41) is 0. The summed E-state index contributed by atoms with van der Waals surface area (Å²) in [6.07, 6.45) is 25.0. The minimum Gasteiger partial charge on any atom is -0.311 e.